The summed E-state index contributed by atoms with van der Waals surface area (Å²) in [7, 11) is 3.56. The molecule has 0 atom stereocenters. The van der Waals surface area contributed by atoms with Crippen LogP contribution in [0.15, 0.2) is 35.6 Å². The highest BCUT2D eigenvalue weighted by Gasteiger charge is 2.18. The highest BCUT2D eigenvalue weighted by atomic mass is 32.1. The van der Waals surface area contributed by atoms with Crippen molar-refractivity contribution in [3.05, 3.63) is 58.1 Å². The summed E-state index contributed by atoms with van der Waals surface area (Å²) in [5.74, 6) is 0. The maximum atomic E-state index is 11.7. The van der Waals surface area contributed by atoms with Gasteiger partial charge in [0.05, 0.1) is 28.8 Å². The molecule has 0 amide bonds. The molecule has 0 saturated heterocycles. The minimum absolute atomic E-state index is 0.354. The Bertz CT molecular complexity index is 1160. The van der Waals surface area contributed by atoms with Gasteiger partial charge < -0.3 is 15.7 Å². The number of fused-ring (bicyclic) bond motifs is 1. The summed E-state index contributed by atoms with van der Waals surface area (Å²) in [6.07, 6.45) is 6.32. The molecule has 3 heterocycles. The lowest BCUT2D eigenvalue weighted by Gasteiger charge is -2.12. The normalized spacial score (nSPS) is 11.5. The number of hydrogen-bond donors (Lipinski definition) is 2. The predicted octanol–water partition coefficient (Wildman–Crippen LogP) is 2.16. The van der Waals surface area contributed by atoms with Gasteiger partial charge in [-0.05, 0) is 24.4 Å². The number of hydrazone groups is 1. The van der Waals surface area contributed by atoms with Crippen molar-refractivity contribution in [2.45, 2.75) is 13.0 Å². The van der Waals surface area contributed by atoms with Crippen molar-refractivity contribution in [3.8, 4) is 0 Å². The van der Waals surface area contributed by atoms with E-state index < -0.39 is 0 Å². The fourth-order valence-corrected chi connectivity index (χ4v) is 4.07. The Hall–Kier alpha value is -3.66. The number of rotatable bonds is 9. The number of pyridine rings is 1. The summed E-state index contributed by atoms with van der Waals surface area (Å²) in [4.78, 5) is 31.3. The lowest BCUT2D eigenvalue weighted by Crippen LogP contribution is -2.12. The highest BCUT2D eigenvalue weighted by molar-refractivity contribution is 7.19. The lowest BCUT2D eigenvalue weighted by atomic mass is 10.3. The number of carbonyl (C=O) groups excluding carboxylic acids is 2. The third kappa shape index (κ3) is 4.49. The molecule has 30 heavy (non-hydrogen) atoms. The number of aromatic nitrogens is 3. The van der Waals surface area contributed by atoms with Gasteiger partial charge in [-0.25, -0.2) is 9.97 Å². The summed E-state index contributed by atoms with van der Waals surface area (Å²) in [6, 6.07) is 5.23. The van der Waals surface area contributed by atoms with E-state index in [1.807, 2.05) is 6.07 Å². The molecule has 0 aliphatic rings. The number of hydrogen-bond acceptors (Lipinski definition) is 9. The number of nitrogens with two attached hydrogens (primary N) is 1. The second-order valence-electron chi connectivity index (χ2n) is 6.53. The van der Waals surface area contributed by atoms with E-state index in [9.17, 15) is 9.59 Å². The Kier molecular flexibility index (Phi) is 6.48. The fraction of sp³-hybridized carbons (Fsp3) is 0.200. The van der Waals surface area contributed by atoms with Crippen LogP contribution in [0.2, 0.25) is 0 Å². The summed E-state index contributed by atoms with van der Waals surface area (Å²) in [5.41, 5.74) is 8.59. The van der Waals surface area contributed by atoms with Gasteiger partial charge in [-0.2, -0.15) is 5.10 Å². The van der Waals surface area contributed by atoms with Crippen molar-refractivity contribution in [2.24, 2.45) is 17.9 Å². The Balaban J connectivity index is 1.87. The van der Waals surface area contributed by atoms with Crippen LogP contribution in [0.4, 0.5) is 0 Å². The van der Waals surface area contributed by atoms with Crippen LogP contribution in [-0.4, -0.2) is 51.1 Å². The summed E-state index contributed by atoms with van der Waals surface area (Å²) < 4.78 is 2.55. The van der Waals surface area contributed by atoms with Crippen LogP contribution < -0.4 is 5.73 Å². The molecule has 3 aromatic heterocycles. The highest BCUT2D eigenvalue weighted by Crippen LogP contribution is 2.29. The van der Waals surface area contributed by atoms with Crippen LogP contribution in [-0.2, 0) is 20.0 Å². The Morgan fingerprint density at radius 2 is 2.13 bits per heavy atom. The molecule has 3 aromatic rings. The second-order valence-corrected chi connectivity index (χ2v) is 7.61. The SMILES string of the molecule is CN(Cc1cccc(C=O)n1)/N=C\c1c(C=O)n(C)c2nc(CC(=N)/C=C\N)sc12. The molecule has 3 rings (SSSR count). The van der Waals surface area contributed by atoms with Crippen LogP contribution in [0.5, 0.6) is 0 Å². The monoisotopic (exact) mass is 423 g/mol. The van der Waals surface area contributed by atoms with Crippen LogP contribution in [0.25, 0.3) is 10.3 Å². The van der Waals surface area contributed by atoms with Crippen molar-refractivity contribution >= 4 is 46.2 Å². The Morgan fingerprint density at radius 1 is 1.33 bits per heavy atom. The average Bonchev–Trinajstić information content (AvgIpc) is 3.23. The van der Waals surface area contributed by atoms with E-state index in [4.69, 9.17) is 11.1 Å². The maximum Gasteiger partial charge on any atom is 0.168 e. The average molecular weight is 424 g/mol. The van der Waals surface area contributed by atoms with Crippen LogP contribution in [0, 0.1) is 5.41 Å². The van der Waals surface area contributed by atoms with E-state index in [1.54, 1.807) is 42.0 Å². The number of thiazole rings is 1. The van der Waals surface area contributed by atoms with Gasteiger partial charge in [0.1, 0.15) is 10.7 Å². The van der Waals surface area contributed by atoms with Gasteiger partial charge in [0.25, 0.3) is 0 Å². The van der Waals surface area contributed by atoms with Gasteiger partial charge in [0.2, 0.25) is 0 Å². The van der Waals surface area contributed by atoms with Crippen molar-refractivity contribution in [1.82, 2.24) is 19.5 Å². The van der Waals surface area contributed by atoms with Gasteiger partial charge in [-0.15, -0.1) is 11.3 Å². The number of allylic oxidation sites excluding steroid dienone is 1. The fourth-order valence-electron chi connectivity index (χ4n) is 2.93. The standard InChI is InChI=1S/C20H21N7O2S/c1-26(10-14-4-3-5-15(11-28)24-14)23-9-16-17(12-29)27(2)20-19(16)30-18(25-20)8-13(22)6-7-21/h3-7,9,11-12,22H,8,10,21H2,1-2H3/b7-6-,22-13?,23-9-. The minimum Gasteiger partial charge on any atom is -0.405 e. The molecule has 0 aliphatic carbocycles. The van der Waals surface area contributed by atoms with E-state index in [1.165, 1.54) is 23.6 Å². The first-order valence-electron chi connectivity index (χ1n) is 9.02. The number of carbonyl (C=O) groups is 2. The van der Waals surface area contributed by atoms with Gasteiger partial charge >= 0.3 is 0 Å². The number of aryl methyl sites for hydroxylation is 1. The van der Waals surface area contributed by atoms with Crippen LogP contribution in [0.1, 0.15) is 37.2 Å². The first-order valence-corrected chi connectivity index (χ1v) is 9.83. The molecule has 154 valence electrons. The molecular weight excluding hydrogens is 402 g/mol. The summed E-state index contributed by atoms with van der Waals surface area (Å²) in [5, 5.41) is 14.8. The van der Waals surface area contributed by atoms with Crippen molar-refractivity contribution < 1.29 is 9.59 Å². The number of nitrogens with zero attached hydrogens (tertiary/aromatic N) is 5. The summed E-state index contributed by atoms with van der Waals surface area (Å²) >= 11 is 1.42. The molecule has 3 N–H and O–H groups in total. The van der Waals surface area contributed by atoms with E-state index in [-0.39, 0.29) is 0 Å². The molecule has 0 aromatic carbocycles. The number of nitrogens with one attached hydrogen (secondary N) is 1. The van der Waals surface area contributed by atoms with Crippen molar-refractivity contribution in [1.29, 1.82) is 5.41 Å². The Labute approximate surface area is 177 Å². The first kappa shape index (κ1) is 21.1. The quantitative estimate of drug-likeness (QED) is 0.308. The van der Waals surface area contributed by atoms with Gasteiger partial charge in [-0.3, -0.25) is 14.6 Å². The van der Waals surface area contributed by atoms with E-state index in [0.717, 1.165) is 16.0 Å². The van der Waals surface area contributed by atoms with E-state index in [2.05, 4.69) is 15.1 Å². The maximum absolute atomic E-state index is 11.7. The zero-order valence-corrected chi connectivity index (χ0v) is 17.4. The predicted molar refractivity (Wildman–Crippen MR) is 117 cm³/mol. The molecule has 0 aliphatic heterocycles. The minimum atomic E-state index is 0.354. The molecule has 9 nitrogen and oxygen atoms in total. The Morgan fingerprint density at radius 3 is 2.83 bits per heavy atom. The third-order valence-corrected chi connectivity index (χ3v) is 5.41. The van der Waals surface area contributed by atoms with Gasteiger partial charge in [0, 0.05) is 31.8 Å². The van der Waals surface area contributed by atoms with E-state index in [0.29, 0.717) is 53.3 Å². The third-order valence-electron chi connectivity index (χ3n) is 4.33. The van der Waals surface area contributed by atoms with E-state index >= 15 is 0 Å². The molecule has 0 spiro atoms. The first-order chi connectivity index (χ1) is 14.5. The van der Waals surface area contributed by atoms with Crippen molar-refractivity contribution in [3.63, 3.8) is 0 Å². The molecule has 0 saturated carbocycles. The van der Waals surface area contributed by atoms with Crippen LogP contribution in [0.3, 0.4) is 0 Å². The molecule has 0 unspecified atom stereocenters. The van der Waals surface area contributed by atoms with Crippen LogP contribution >= 0.6 is 11.3 Å². The summed E-state index contributed by atoms with van der Waals surface area (Å²) in [6.45, 7) is 0.404. The molecule has 0 radical (unpaired) electrons. The topological polar surface area (TPSA) is 130 Å². The zero-order valence-electron chi connectivity index (χ0n) is 16.6. The number of aldehydes is 2. The molecule has 10 heteroatoms. The molecule has 0 bridgehead atoms. The largest absolute Gasteiger partial charge is 0.405 e. The molecule has 0 fully saturated rings. The zero-order chi connectivity index (χ0) is 21.7. The van der Waals surface area contributed by atoms with Gasteiger partial charge in [-0.1, -0.05) is 6.07 Å². The molecular formula is C20H21N7O2S. The van der Waals surface area contributed by atoms with Gasteiger partial charge in [0.15, 0.2) is 18.2 Å². The van der Waals surface area contributed by atoms with Crippen molar-refractivity contribution in [2.75, 3.05) is 7.05 Å². The smallest absolute Gasteiger partial charge is 0.168 e. The lowest BCUT2D eigenvalue weighted by molar-refractivity contribution is 0.111. The second kappa shape index (κ2) is 9.23.